The van der Waals surface area contributed by atoms with Gasteiger partial charge in [0.2, 0.25) is 0 Å². The van der Waals surface area contributed by atoms with Crippen molar-refractivity contribution in [3.05, 3.63) is 90.2 Å². The molecule has 0 atom stereocenters. The van der Waals surface area contributed by atoms with Crippen LogP contribution in [0.15, 0.2) is 83.3 Å². The first-order valence-electron chi connectivity index (χ1n) is 9.56. The molecule has 6 heteroatoms. The highest BCUT2D eigenvalue weighted by molar-refractivity contribution is 6.06. The number of carbonyl (C=O) groups excluding carboxylic acids is 2. The van der Waals surface area contributed by atoms with E-state index < -0.39 is 0 Å². The maximum Gasteiger partial charge on any atom is 0.291 e. The number of hydrogen-bond acceptors (Lipinski definition) is 4. The number of benzene rings is 3. The Labute approximate surface area is 173 Å². The quantitative estimate of drug-likeness (QED) is 0.458. The molecule has 1 heterocycles. The number of carbonyl (C=O) groups is 2. The van der Waals surface area contributed by atoms with Crippen LogP contribution in [0.3, 0.4) is 0 Å². The Hall–Kier alpha value is -4.06. The van der Waals surface area contributed by atoms with E-state index in [4.69, 9.17) is 9.15 Å². The van der Waals surface area contributed by atoms with E-state index in [1.54, 1.807) is 54.6 Å². The molecule has 6 nitrogen and oxygen atoms in total. The second-order valence-corrected chi connectivity index (χ2v) is 6.59. The van der Waals surface area contributed by atoms with Crippen molar-refractivity contribution >= 4 is 34.2 Å². The normalized spacial score (nSPS) is 10.6. The van der Waals surface area contributed by atoms with Crippen LogP contribution in [0.1, 0.15) is 27.8 Å². The van der Waals surface area contributed by atoms with E-state index in [0.29, 0.717) is 34.9 Å². The van der Waals surface area contributed by atoms with E-state index in [-0.39, 0.29) is 17.6 Å². The molecule has 0 aliphatic carbocycles. The zero-order valence-electron chi connectivity index (χ0n) is 16.3. The largest absolute Gasteiger partial charge is 0.494 e. The molecule has 0 fully saturated rings. The van der Waals surface area contributed by atoms with Gasteiger partial charge < -0.3 is 19.8 Å². The molecule has 0 unspecified atom stereocenters. The summed E-state index contributed by atoms with van der Waals surface area (Å²) in [6.07, 6.45) is 0. The van der Waals surface area contributed by atoms with Gasteiger partial charge in [0.05, 0.1) is 6.61 Å². The molecule has 3 aromatic carbocycles. The summed E-state index contributed by atoms with van der Waals surface area (Å²) in [5.74, 6) is 0.308. The van der Waals surface area contributed by atoms with Gasteiger partial charge in [0, 0.05) is 22.3 Å². The zero-order valence-corrected chi connectivity index (χ0v) is 16.3. The highest BCUT2D eigenvalue weighted by Crippen LogP contribution is 2.21. The Morgan fingerprint density at radius 3 is 2.23 bits per heavy atom. The summed E-state index contributed by atoms with van der Waals surface area (Å²) >= 11 is 0. The number of furan rings is 1. The number of nitrogens with one attached hydrogen (secondary N) is 2. The monoisotopic (exact) mass is 400 g/mol. The standard InChI is InChI=1S/C24H20N2O4/c1-2-29-20-8-5-7-17(14-20)23(27)25-18-10-12-19(13-11-18)26-24(28)22-15-16-6-3-4-9-21(16)30-22/h3-15H,2H2,1H3,(H,25,27)(H,26,28). The lowest BCUT2D eigenvalue weighted by molar-refractivity contribution is 0.0996. The average molecular weight is 400 g/mol. The van der Waals surface area contributed by atoms with E-state index >= 15 is 0 Å². The van der Waals surface area contributed by atoms with E-state index in [2.05, 4.69) is 10.6 Å². The average Bonchev–Trinajstić information content (AvgIpc) is 3.20. The van der Waals surface area contributed by atoms with E-state index in [0.717, 1.165) is 5.39 Å². The van der Waals surface area contributed by atoms with Gasteiger partial charge in [-0.1, -0.05) is 24.3 Å². The van der Waals surface area contributed by atoms with E-state index in [1.807, 2.05) is 31.2 Å². The van der Waals surface area contributed by atoms with Crippen LogP contribution in [0.25, 0.3) is 11.0 Å². The lowest BCUT2D eigenvalue weighted by Crippen LogP contribution is -2.13. The molecular weight excluding hydrogens is 380 g/mol. The van der Waals surface area contributed by atoms with Crippen molar-refractivity contribution in [2.24, 2.45) is 0 Å². The van der Waals surface area contributed by atoms with Crippen LogP contribution in [0, 0.1) is 0 Å². The van der Waals surface area contributed by atoms with Gasteiger partial charge in [-0.05, 0) is 61.5 Å². The highest BCUT2D eigenvalue weighted by Gasteiger charge is 2.13. The van der Waals surface area contributed by atoms with Crippen LogP contribution >= 0.6 is 0 Å². The number of ether oxygens (including phenoxy) is 1. The van der Waals surface area contributed by atoms with Crippen molar-refractivity contribution in [1.29, 1.82) is 0 Å². The third-order valence-electron chi connectivity index (χ3n) is 4.46. The van der Waals surface area contributed by atoms with E-state index in [1.165, 1.54) is 0 Å². The topological polar surface area (TPSA) is 80.6 Å². The Morgan fingerprint density at radius 1 is 0.833 bits per heavy atom. The smallest absolute Gasteiger partial charge is 0.291 e. The van der Waals surface area contributed by atoms with Crippen molar-refractivity contribution < 1.29 is 18.7 Å². The number of fused-ring (bicyclic) bond motifs is 1. The van der Waals surface area contributed by atoms with Crippen LogP contribution in [0.5, 0.6) is 5.75 Å². The molecule has 1 aromatic heterocycles. The minimum Gasteiger partial charge on any atom is -0.494 e. The second-order valence-electron chi connectivity index (χ2n) is 6.59. The predicted molar refractivity (Wildman–Crippen MR) is 116 cm³/mol. The molecule has 2 N–H and O–H groups in total. The number of hydrogen-bond donors (Lipinski definition) is 2. The van der Waals surface area contributed by atoms with Gasteiger partial charge in [-0.15, -0.1) is 0 Å². The number of rotatable bonds is 6. The molecule has 2 amide bonds. The van der Waals surface area contributed by atoms with Gasteiger partial charge in [0.1, 0.15) is 11.3 Å². The fourth-order valence-electron chi connectivity index (χ4n) is 3.02. The first-order chi connectivity index (χ1) is 14.6. The van der Waals surface area contributed by atoms with Crippen LogP contribution in [-0.4, -0.2) is 18.4 Å². The second kappa shape index (κ2) is 8.53. The molecule has 0 saturated carbocycles. The SMILES string of the molecule is CCOc1cccc(C(=O)Nc2ccc(NC(=O)c3cc4ccccc4o3)cc2)c1. The molecule has 0 saturated heterocycles. The Kier molecular flexibility index (Phi) is 5.48. The fraction of sp³-hybridized carbons (Fsp3) is 0.0833. The predicted octanol–water partition coefficient (Wildman–Crippen LogP) is 5.34. The maximum atomic E-state index is 12.5. The third kappa shape index (κ3) is 4.33. The molecule has 0 spiro atoms. The van der Waals surface area contributed by atoms with Gasteiger partial charge in [-0.25, -0.2) is 0 Å². The summed E-state index contributed by atoms with van der Waals surface area (Å²) < 4.78 is 11.0. The molecule has 4 aromatic rings. The van der Waals surface area contributed by atoms with Crippen molar-refractivity contribution in [3.8, 4) is 5.75 Å². The molecule has 30 heavy (non-hydrogen) atoms. The Balaban J connectivity index is 1.40. The summed E-state index contributed by atoms with van der Waals surface area (Å²) in [6.45, 7) is 2.42. The van der Waals surface area contributed by atoms with Crippen LogP contribution in [0.4, 0.5) is 11.4 Å². The van der Waals surface area contributed by atoms with Gasteiger partial charge in [-0.3, -0.25) is 9.59 Å². The zero-order chi connectivity index (χ0) is 20.9. The van der Waals surface area contributed by atoms with Crippen molar-refractivity contribution in [2.75, 3.05) is 17.2 Å². The maximum absolute atomic E-state index is 12.5. The molecule has 0 bridgehead atoms. The van der Waals surface area contributed by atoms with Crippen LogP contribution in [-0.2, 0) is 0 Å². The molecular formula is C24H20N2O4. The number of amides is 2. The van der Waals surface area contributed by atoms with Gasteiger partial charge in [0.15, 0.2) is 5.76 Å². The number of para-hydroxylation sites is 1. The van der Waals surface area contributed by atoms with Gasteiger partial charge in [0.25, 0.3) is 11.8 Å². The minimum absolute atomic E-state index is 0.239. The summed E-state index contributed by atoms with van der Waals surface area (Å²) in [5.41, 5.74) is 2.37. The third-order valence-corrected chi connectivity index (χ3v) is 4.46. The Bertz CT molecular complexity index is 1160. The molecule has 0 aliphatic rings. The van der Waals surface area contributed by atoms with Crippen molar-refractivity contribution in [1.82, 2.24) is 0 Å². The fourth-order valence-corrected chi connectivity index (χ4v) is 3.02. The lowest BCUT2D eigenvalue weighted by Gasteiger charge is -2.09. The minimum atomic E-state index is -0.337. The first kappa shape index (κ1) is 19.3. The highest BCUT2D eigenvalue weighted by atomic mass is 16.5. The van der Waals surface area contributed by atoms with E-state index in [9.17, 15) is 9.59 Å². The van der Waals surface area contributed by atoms with Gasteiger partial charge >= 0.3 is 0 Å². The van der Waals surface area contributed by atoms with Gasteiger partial charge in [-0.2, -0.15) is 0 Å². The first-order valence-corrected chi connectivity index (χ1v) is 9.56. The summed E-state index contributed by atoms with van der Waals surface area (Å²) in [5, 5.41) is 6.49. The van der Waals surface area contributed by atoms with Crippen molar-refractivity contribution in [2.45, 2.75) is 6.92 Å². The Morgan fingerprint density at radius 2 is 1.53 bits per heavy atom. The molecule has 4 rings (SSSR count). The molecule has 0 aliphatic heterocycles. The molecule has 150 valence electrons. The lowest BCUT2D eigenvalue weighted by atomic mass is 10.2. The summed E-state index contributed by atoms with van der Waals surface area (Å²) in [4.78, 5) is 24.9. The summed E-state index contributed by atoms with van der Waals surface area (Å²) in [7, 11) is 0. The van der Waals surface area contributed by atoms with Crippen LogP contribution < -0.4 is 15.4 Å². The summed E-state index contributed by atoms with van der Waals surface area (Å²) in [6, 6.07) is 23.0. The van der Waals surface area contributed by atoms with Crippen LogP contribution in [0.2, 0.25) is 0 Å². The molecule has 0 radical (unpaired) electrons. The van der Waals surface area contributed by atoms with Crippen molar-refractivity contribution in [3.63, 3.8) is 0 Å². The number of anilines is 2.